The number of pyridine rings is 1. The van der Waals surface area contributed by atoms with Gasteiger partial charge in [-0.1, -0.05) is 42.3 Å². The summed E-state index contributed by atoms with van der Waals surface area (Å²) < 4.78 is 33.3. The molecule has 1 amide bonds. The number of aromatic nitrogens is 1. The predicted octanol–water partition coefficient (Wildman–Crippen LogP) is 2.87. The molecule has 1 aromatic carbocycles. The summed E-state index contributed by atoms with van der Waals surface area (Å²) >= 11 is 11.8. The average molecular weight is 430 g/mol. The summed E-state index contributed by atoms with van der Waals surface area (Å²) in [5.41, 5.74) is 0.322. The number of fused-ring (bicyclic) bond motifs is 1. The Hall–Kier alpha value is -2.03. The zero-order chi connectivity index (χ0) is 19.6. The van der Waals surface area contributed by atoms with Crippen molar-refractivity contribution in [2.24, 2.45) is 0 Å². The molecule has 0 saturated carbocycles. The van der Waals surface area contributed by atoms with Crippen LogP contribution in [0.15, 0.2) is 41.3 Å². The van der Waals surface area contributed by atoms with Gasteiger partial charge in [0.05, 0.1) is 12.2 Å². The van der Waals surface area contributed by atoms with E-state index in [2.05, 4.69) is 10.3 Å². The van der Waals surface area contributed by atoms with E-state index in [1.54, 1.807) is 24.3 Å². The van der Waals surface area contributed by atoms with Crippen LogP contribution in [0.1, 0.15) is 13.3 Å². The molecular formula is C17H17Cl2N3O4S. The number of halogens is 2. The first-order valence-corrected chi connectivity index (χ1v) is 10.4. The monoisotopic (exact) mass is 429 g/mol. The topological polar surface area (TPSA) is 88.6 Å². The van der Waals surface area contributed by atoms with Gasteiger partial charge in [0.2, 0.25) is 0 Å². The Kier molecular flexibility index (Phi) is 5.78. The number of ether oxygens (including phenoxy) is 1. The molecule has 0 spiro atoms. The maximum Gasteiger partial charge on any atom is 0.267 e. The molecule has 0 radical (unpaired) electrons. The Morgan fingerprint density at radius 3 is 2.74 bits per heavy atom. The summed E-state index contributed by atoms with van der Waals surface area (Å²) in [6.07, 6.45) is -0.233. The van der Waals surface area contributed by atoms with Crippen molar-refractivity contribution in [1.29, 1.82) is 0 Å². The van der Waals surface area contributed by atoms with Gasteiger partial charge in [-0.2, -0.15) is 0 Å². The van der Waals surface area contributed by atoms with Gasteiger partial charge in [-0.3, -0.25) is 9.10 Å². The molecule has 1 aromatic heterocycles. The van der Waals surface area contributed by atoms with E-state index >= 15 is 0 Å². The third kappa shape index (κ3) is 3.97. The van der Waals surface area contributed by atoms with Crippen molar-refractivity contribution >= 4 is 44.8 Å². The Morgan fingerprint density at radius 1 is 1.30 bits per heavy atom. The minimum Gasteiger partial charge on any atom is -0.476 e. The number of carbonyl (C=O) groups excluding carboxylic acids is 1. The normalized spacial score (nSPS) is 16.4. The highest BCUT2D eigenvalue weighted by atomic mass is 35.5. The number of rotatable bonds is 5. The smallest absolute Gasteiger partial charge is 0.267 e. The molecule has 2 aromatic rings. The Labute approximate surface area is 167 Å². The summed E-state index contributed by atoms with van der Waals surface area (Å²) in [6.45, 7) is 2.21. The van der Waals surface area contributed by atoms with Crippen molar-refractivity contribution in [2.75, 3.05) is 17.4 Å². The van der Waals surface area contributed by atoms with Gasteiger partial charge in [0.15, 0.2) is 11.3 Å². The number of sulfonamides is 1. The molecule has 2 heterocycles. The van der Waals surface area contributed by atoms with Crippen molar-refractivity contribution < 1.29 is 17.9 Å². The summed E-state index contributed by atoms with van der Waals surface area (Å²) in [6, 6.07) is 9.23. The fourth-order valence-corrected chi connectivity index (χ4v) is 4.75. The van der Waals surface area contributed by atoms with Gasteiger partial charge >= 0.3 is 0 Å². The first-order chi connectivity index (χ1) is 12.8. The van der Waals surface area contributed by atoms with Crippen LogP contribution in [0.3, 0.4) is 0 Å². The summed E-state index contributed by atoms with van der Waals surface area (Å²) in [4.78, 5) is 16.0. The minimum absolute atomic E-state index is 0.0816. The van der Waals surface area contributed by atoms with E-state index in [9.17, 15) is 13.2 Å². The second-order valence-electron chi connectivity index (χ2n) is 5.82. The summed E-state index contributed by atoms with van der Waals surface area (Å²) in [7, 11) is -4.09. The first kappa shape index (κ1) is 19.7. The van der Waals surface area contributed by atoms with Gasteiger partial charge in [-0.15, -0.1) is 0 Å². The van der Waals surface area contributed by atoms with E-state index in [4.69, 9.17) is 27.9 Å². The van der Waals surface area contributed by atoms with Crippen LogP contribution >= 0.6 is 23.2 Å². The number of hydrogen-bond donors (Lipinski definition) is 1. The fourth-order valence-electron chi connectivity index (χ4n) is 2.64. The van der Waals surface area contributed by atoms with Crippen molar-refractivity contribution in [3.63, 3.8) is 0 Å². The fraction of sp³-hybridized carbons (Fsp3) is 0.294. The predicted molar refractivity (Wildman–Crippen MR) is 103 cm³/mol. The van der Waals surface area contributed by atoms with E-state index in [-0.39, 0.29) is 27.7 Å². The van der Waals surface area contributed by atoms with E-state index in [0.717, 1.165) is 10.7 Å². The number of benzene rings is 1. The lowest BCUT2D eigenvalue weighted by molar-refractivity contribution is -0.127. The zero-order valence-electron chi connectivity index (χ0n) is 14.4. The molecule has 0 aliphatic carbocycles. The molecule has 1 N–H and O–H groups in total. The highest BCUT2D eigenvalue weighted by Crippen LogP contribution is 2.38. The number of hydrogen-bond acceptors (Lipinski definition) is 5. The minimum atomic E-state index is -4.09. The van der Waals surface area contributed by atoms with Crippen molar-refractivity contribution in [3.8, 4) is 5.75 Å². The lowest BCUT2D eigenvalue weighted by Crippen LogP contribution is -2.50. The van der Waals surface area contributed by atoms with Crippen LogP contribution in [0, 0.1) is 0 Å². The Bertz CT molecular complexity index is 968. The maximum atomic E-state index is 13.2. The van der Waals surface area contributed by atoms with Gasteiger partial charge in [0.25, 0.3) is 15.9 Å². The van der Waals surface area contributed by atoms with E-state index in [1.165, 1.54) is 12.1 Å². The number of nitrogens with zero attached hydrogens (tertiary/aromatic N) is 2. The molecule has 1 unspecified atom stereocenters. The van der Waals surface area contributed by atoms with Gasteiger partial charge < -0.3 is 10.1 Å². The molecule has 1 aliphatic rings. The quantitative estimate of drug-likeness (QED) is 0.737. The van der Waals surface area contributed by atoms with E-state index in [0.29, 0.717) is 18.0 Å². The van der Waals surface area contributed by atoms with Crippen LogP contribution in [-0.2, 0) is 14.8 Å². The molecule has 0 fully saturated rings. The maximum absolute atomic E-state index is 13.2. The Morgan fingerprint density at radius 2 is 2.04 bits per heavy atom. The number of nitrogens with one attached hydrogen (secondary N) is 1. The number of carbonyl (C=O) groups is 1. The van der Waals surface area contributed by atoms with Crippen LogP contribution in [0.5, 0.6) is 5.75 Å². The van der Waals surface area contributed by atoms with Gasteiger partial charge in [-0.05, 0) is 30.7 Å². The molecule has 27 heavy (non-hydrogen) atoms. The summed E-state index contributed by atoms with van der Waals surface area (Å²) in [5, 5.41) is 2.57. The number of amides is 1. The molecule has 10 heteroatoms. The third-order valence-electron chi connectivity index (χ3n) is 3.93. The lowest BCUT2D eigenvalue weighted by atomic mass is 10.2. The molecule has 0 bridgehead atoms. The largest absolute Gasteiger partial charge is 0.476 e. The van der Waals surface area contributed by atoms with Crippen LogP contribution in [0.25, 0.3) is 0 Å². The molecule has 1 aliphatic heterocycles. The summed E-state index contributed by atoms with van der Waals surface area (Å²) in [5.74, 6) is -0.0890. The first-order valence-electron chi connectivity index (χ1n) is 8.22. The third-order valence-corrected chi connectivity index (χ3v) is 6.35. The highest BCUT2D eigenvalue weighted by molar-refractivity contribution is 7.93. The molecule has 0 saturated heterocycles. The SMILES string of the molecule is CCCNC(=O)C1CN(S(=O)(=O)c2ccc(Cl)nc2Cl)c2ccccc2O1. The molecule has 7 nitrogen and oxygen atoms in total. The zero-order valence-corrected chi connectivity index (χ0v) is 16.7. The van der Waals surface area contributed by atoms with Crippen LogP contribution < -0.4 is 14.4 Å². The molecular weight excluding hydrogens is 413 g/mol. The number of para-hydroxylation sites is 2. The second-order valence-corrected chi connectivity index (χ2v) is 8.40. The molecule has 144 valence electrons. The van der Waals surface area contributed by atoms with Crippen molar-refractivity contribution in [3.05, 3.63) is 46.7 Å². The van der Waals surface area contributed by atoms with Crippen LogP contribution in [-0.4, -0.2) is 38.5 Å². The van der Waals surface area contributed by atoms with Gasteiger partial charge in [-0.25, -0.2) is 13.4 Å². The Balaban J connectivity index is 2.03. The van der Waals surface area contributed by atoms with E-state index < -0.39 is 16.1 Å². The van der Waals surface area contributed by atoms with Crippen LogP contribution in [0.2, 0.25) is 10.3 Å². The molecule has 1 atom stereocenters. The average Bonchev–Trinajstić information content (AvgIpc) is 2.64. The highest BCUT2D eigenvalue weighted by Gasteiger charge is 2.38. The van der Waals surface area contributed by atoms with Crippen molar-refractivity contribution in [2.45, 2.75) is 24.3 Å². The second kappa shape index (κ2) is 7.92. The van der Waals surface area contributed by atoms with Crippen LogP contribution in [0.4, 0.5) is 5.69 Å². The van der Waals surface area contributed by atoms with Gasteiger partial charge in [0.1, 0.15) is 15.8 Å². The van der Waals surface area contributed by atoms with Crippen molar-refractivity contribution in [1.82, 2.24) is 10.3 Å². The number of anilines is 1. The lowest BCUT2D eigenvalue weighted by Gasteiger charge is -2.34. The standard InChI is InChI=1S/C17H17Cl2N3O4S/c1-2-9-20-17(23)13-10-22(11-5-3-4-6-12(11)26-13)27(24,25)14-7-8-15(18)21-16(14)19/h3-8,13H,2,9-10H2,1H3,(H,20,23). The molecule has 3 rings (SSSR count). The van der Waals surface area contributed by atoms with E-state index in [1.807, 2.05) is 6.92 Å². The van der Waals surface area contributed by atoms with Gasteiger partial charge in [0, 0.05) is 6.54 Å².